The minimum absolute atomic E-state index is 0.247. The highest BCUT2D eigenvalue weighted by atomic mass is 15.3. The van der Waals surface area contributed by atoms with Crippen LogP contribution in [-0.2, 0) is 7.05 Å². The lowest BCUT2D eigenvalue weighted by atomic mass is 10.0. The number of nitrogens with zero attached hydrogens (tertiary/aromatic N) is 3. The summed E-state index contributed by atoms with van der Waals surface area (Å²) in [5, 5.41) is 4.22. The number of hydrogen-bond acceptors (Lipinski definition) is 3. The minimum atomic E-state index is 0.247. The molecule has 0 unspecified atom stereocenters. The summed E-state index contributed by atoms with van der Waals surface area (Å²) in [5.41, 5.74) is 7.42. The molecule has 1 fully saturated rings. The van der Waals surface area contributed by atoms with Gasteiger partial charge in [-0.1, -0.05) is 0 Å². The molecule has 0 amide bonds. The van der Waals surface area contributed by atoms with Gasteiger partial charge in [-0.05, 0) is 20.3 Å². The maximum Gasteiger partial charge on any atom is 0.0538 e. The van der Waals surface area contributed by atoms with Crippen molar-refractivity contribution in [1.29, 1.82) is 0 Å². The lowest BCUT2D eigenvalue weighted by Gasteiger charge is -2.29. The zero-order chi connectivity index (χ0) is 11.0. The summed E-state index contributed by atoms with van der Waals surface area (Å²) in [6, 6.07) is 1.14. The van der Waals surface area contributed by atoms with Gasteiger partial charge in [-0.3, -0.25) is 9.58 Å². The second kappa shape index (κ2) is 3.94. The standard InChI is InChI=1S/C11H20N4/c1-8(2)15-5-4-10(12)11(15)9-6-13-14(3)7-9/h6-8,10-11H,4-5,12H2,1-3H3/t10-,11+/m1/s1. The van der Waals surface area contributed by atoms with Gasteiger partial charge in [0.25, 0.3) is 0 Å². The fraction of sp³-hybridized carbons (Fsp3) is 0.727. The molecule has 2 N–H and O–H groups in total. The Morgan fingerprint density at radius 3 is 2.80 bits per heavy atom. The molecule has 15 heavy (non-hydrogen) atoms. The van der Waals surface area contributed by atoms with Crippen LogP contribution in [0.1, 0.15) is 31.9 Å². The predicted molar refractivity (Wildman–Crippen MR) is 60.4 cm³/mol. The van der Waals surface area contributed by atoms with Crippen LogP contribution in [0.15, 0.2) is 12.4 Å². The van der Waals surface area contributed by atoms with Crippen molar-refractivity contribution in [2.24, 2.45) is 12.8 Å². The molecule has 1 aromatic rings. The van der Waals surface area contributed by atoms with Gasteiger partial charge in [-0.2, -0.15) is 5.10 Å². The molecule has 0 radical (unpaired) electrons. The highest BCUT2D eigenvalue weighted by Gasteiger charge is 2.34. The first-order valence-electron chi connectivity index (χ1n) is 5.59. The van der Waals surface area contributed by atoms with E-state index in [0.717, 1.165) is 13.0 Å². The van der Waals surface area contributed by atoms with Gasteiger partial charge >= 0.3 is 0 Å². The third kappa shape index (κ3) is 1.92. The molecular formula is C11H20N4. The van der Waals surface area contributed by atoms with Crippen LogP contribution in [0, 0.1) is 0 Å². The normalized spacial score (nSPS) is 27.8. The first-order valence-corrected chi connectivity index (χ1v) is 5.59. The Kier molecular flexibility index (Phi) is 2.80. The third-order valence-electron chi connectivity index (χ3n) is 3.21. The summed E-state index contributed by atoms with van der Waals surface area (Å²) >= 11 is 0. The first-order chi connectivity index (χ1) is 7.09. The van der Waals surface area contributed by atoms with Gasteiger partial charge in [-0.25, -0.2) is 0 Å². The Morgan fingerprint density at radius 2 is 2.27 bits per heavy atom. The second-order valence-electron chi connectivity index (χ2n) is 4.68. The quantitative estimate of drug-likeness (QED) is 0.785. The Morgan fingerprint density at radius 1 is 1.53 bits per heavy atom. The third-order valence-corrected chi connectivity index (χ3v) is 3.21. The summed E-state index contributed by atoms with van der Waals surface area (Å²) in [5.74, 6) is 0. The molecule has 1 aliphatic rings. The van der Waals surface area contributed by atoms with Crippen molar-refractivity contribution in [2.75, 3.05) is 6.54 Å². The maximum atomic E-state index is 6.17. The predicted octanol–water partition coefficient (Wildman–Crippen LogP) is 0.903. The topological polar surface area (TPSA) is 47.1 Å². The minimum Gasteiger partial charge on any atom is -0.326 e. The van der Waals surface area contributed by atoms with Gasteiger partial charge in [0.15, 0.2) is 0 Å². The van der Waals surface area contributed by atoms with Gasteiger partial charge < -0.3 is 5.73 Å². The van der Waals surface area contributed by atoms with Crippen LogP contribution < -0.4 is 5.73 Å². The van der Waals surface area contributed by atoms with E-state index in [2.05, 4.69) is 30.0 Å². The fourth-order valence-electron chi connectivity index (χ4n) is 2.45. The number of hydrogen-bond donors (Lipinski definition) is 1. The van der Waals surface area contributed by atoms with Crippen LogP contribution in [-0.4, -0.2) is 33.3 Å². The molecule has 0 spiro atoms. The average molecular weight is 208 g/mol. The molecular weight excluding hydrogens is 188 g/mol. The first kappa shape index (κ1) is 10.6. The Hall–Kier alpha value is -0.870. The number of rotatable bonds is 2. The lowest BCUT2D eigenvalue weighted by molar-refractivity contribution is 0.198. The van der Waals surface area contributed by atoms with Crippen LogP contribution in [0.2, 0.25) is 0 Å². The highest BCUT2D eigenvalue weighted by Crippen LogP contribution is 2.32. The summed E-state index contributed by atoms with van der Waals surface area (Å²) < 4.78 is 1.85. The van der Waals surface area contributed by atoms with Gasteiger partial charge in [0.05, 0.1) is 12.2 Å². The zero-order valence-corrected chi connectivity index (χ0v) is 9.72. The van der Waals surface area contributed by atoms with E-state index in [1.54, 1.807) is 0 Å². The van der Waals surface area contributed by atoms with Crippen molar-refractivity contribution in [2.45, 2.75) is 38.4 Å². The molecule has 2 heterocycles. The molecule has 0 aromatic carbocycles. The smallest absolute Gasteiger partial charge is 0.0538 e. The van der Waals surface area contributed by atoms with Gasteiger partial charge in [0, 0.05) is 37.4 Å². The Labute approximate surface area is 91.1 Å². The van der Waals surface area contributed by atoms with Crippen LogP contribution >= 0.6 is 0 Å². The summed E-state index contributed by atoms with van der Waals surface area (Å²) in [4.78, 5) is 2.46. The number of likely N-dealkylation sites (tertiary alicyclic amines) is 1. The van der Waals surface area contributed by atoms with Crippen molar-refractivity contribution >= 4 is 0 Å². The molecule has 0 bridgehead atoms. The van der Waals surface area contributed by atoms with Crippen LogP contribution in [0.3, 0.4) is 0 Å². The SMILES string of the molecule is CC(C)N1CC[C@@H](N)[C@@H]1c1cnn(C)c1. The molecule has 1 aliphatic heterocycles. The van der Waals surface area contributed by atoms with Crippen molar-refractivity contribution < 1.29 is 0 Å². The molecule has 0 saturated carbocycles. The molecule has 4 nitrogen and oxygen atoms in total. The van der Waals surface area contributed by atoms with E-state index < -0.39 is 0 Å². The van der Waals surface area contributed by atoms with E-state index >= 15 is 0 Å². The molecule has 4 heteroatoms. The van der Waals surface area contributed by atoms with Crippen molar-refractivity contribution in [3.8, 4) is 0 Å². The van der Waals surface area contributed by atoms with Crippen LogP contribution in [0.4, 0.5) is 0 Å². The van der Waals surface area contributed by atoms with E-state index in [9.17, 15) is 0 Å². The van der Waals surface area contributed by atoms with Gasteiger partial charge in [0.2, 0.25) is 0 Å². The van der Waals surface area contributed by atoms with Crippen LogP contribution in [0.25, 0.3) is 0 Å². The zero-order valence-electron chi connectivity index (χ0n) is 9.72. The molecule has 84 valence electrons. The number of aryl methyl sites for hydroxylation is 1. The van der Waals surface area contributed by atoms with Crippen molar-refractivity contribution in [3.63, 3.8) is 0 Å². The van der Waals surface area contributed by atoms with E-state index in [1.165, 1.54) is 5.56 Å². The lowest BCUT2D eigenvalue weighted by Crippen LogP contribution is -2.35. The average Bonchev–Trinajstić information content (AvgIpc) is 2.71. The summed E-state index contributed by atoms with van der Waals surface area (Å²) in [6.07, 6.45) is 5.09. The second-order valence-corrected chi connectivity index (χ2v) is 4.68. The van der Waals surface area contributed by atoms with Gasteiger partial charge in [0.1, 0.15) is 0 Å². The molecule has 2 rings (SSSR count). The maximum absolute atomic E-state index is 6.17. The molecule has 1 aromatic heterocycles. The number of aromatic nitrogens is 2. The largest absolute Gasteiger partial charge is 0.326 e. The summed E-state index contributed by atoms with van der Waals surface area (Å²) in [6.45, 7) is 5.54. The number of nitrogens with two attached hydrogens (primary N) is 1. The molecule has 2 atom stereocenters. The van der Waals surface area contributed by atoms with E-state index in [4.69, 9.17) is 5.73 Å². The van der Waals surface area contributed by atoms with E-state index in [-0.39, 0.29) is 6.04 Å². The summed E-state index contributed by atoms with van der Waals surface area (Å²) in [7, 11) is 1.95. The Bertz CT molecular complexity index is 331. The fourth-order valence-corrected chi connectivity index (χ4v) is 2.45. The van der Waals surface area contributed by atoms with Crippen molar-refractivity contribution in [1.82, 2.24) is 14.7 Å². The monoisotopic (exact) mass is 208 g/mol. The van der Waals surface area contributed by atoms with Crippen molar-refractivity contribution in [3.05, 3.63) is 18.0 Å². The van der Waals surface area contributed by atoms with Crippen LogP contribution in [0.5, 0.6) is 0 Å². The molecule has 1 saturated heterocycles. The van der Waals surface area contributed by atoms with E-state index in [1.807, 2.05) is 17.9 Å². The van der Waals surface area contributed by atoms with E-state index in [0.29, 0.717) is 12.1 Å². The van der Waals surface area contributed by atoms with Gasteiger partial charge in [-0.15, -0.1) is 0 Å². The Balaban J connectivity index is 2.24. The molecule has 0 aliphatic carbocycles. The highest BCUT2D eigenvalue weighted by molar-refractivity contribution is 5.16.